The highest BCUT2D eigenvalue weighted by Crippen LogP contribution is 2.29. The van der Waals surface area contributed by atoms with E-state index in [0.29, 0.717) is 5.56 Å². The molecule has 7 heteroatoms. The summed E-state index contributed by atoms with van der Waals surface area (Å²) < 4.78 is 32.5. The number of alkyl halides is 2. The molecule has 1 unspecified atom stereocenters. The zero-order chi connectivity index (χ0) is 26.7. The molecular formula is C29H32F3N3O. The molecule has 0 fully saturated rings. The summed E-state index contributed by atoms with van der Waals surface area (Å²) in [6.45, 7) is 4.17. The molecule has 3 aromatic carbocycles. The van der Waals surface area contributed by atoms with Gasteiger partial charge in [-0.15, -0.1) is 0 Å². The van der Waals surface area contributed by atoms with Crippen molar-refractivity contribution in [3.63, 3.8) is 0 Å². The number of carbonyl (C=O) groups is 1. The molecule has 1 heterocycles. The van der Waals surface area contributed by atoms with Crippen molar-refractivity contribution in [3.05, 3.63) is 95.9 Å². The molecule has 0 radical (unpaired) electrons. The molecule has 0 bridgehead atoms. The number of hydrogen-bond donors (Lipinski definition) is 1. The summed E-state index contributed by atoms with van der Waals surface area (Å²) >= 11 is 0. The lowest BCUT2D eigenvalue weighted by atomic mass is 9.97. The maximum Gasteiger partial charge on any atom is 0.251 e. The van der Waals surface area contributed by atoms with Crippen LogP contribution in [-0.2, 0) is 0 Å². The summed E-state index contributed by atoms with van der Waals surface area (Å²) in [4.78, 5) is 19.4. The van der Waals surface area contributed by atoms with Crippen LogP contribution < -0.4 is 10.2 Å². The topological polar surface area (TPSA) is 45.2 Å². The SMILES string of the molecule is CC.CC(NC(=O)c1ccc2c(-c3ccc(F)cc3)cccc2c1)c1cccc(N(C)C)n1.FCF. The number of carbonyl (C=O) groups excluding carboxylic acids is 1. The molecule has 0 aliphatic heterocycles. The summed E-state index contributed by atoms with van der Waals surface area (Å²) in [5.41, 5.74) is 3.32. The van der Waals surface area contributed by atoms with Gasteiger partial charge in [0, 0.05) is 19.7 Å². The molecule has 4 nitrogen and oxygen atoms in total. The van der Waals surface area contributed by atoms with Crippen molar-refractivity contribution < 1.29 is 18.0 Å². The minimum absolute atomic E-state index is 0.154. The molecule has 4 rings (SSSR count). The Kier molecular flexibility index (Phi) is 10.9. The van der Waals surface area contributed by atoms with Crippen LogP contribution in [0, 0.1) is 5.82 Å². The average molecular weight is 496 g/mol. The minimum atomic E-state index is -1.75. The molecule has 1 atom stereocenters. The van der Waals surface area contributed by atoms with Crippen molar-refractivity contribution in [1.82, 2.24) is 10.3 Å². The first-order chi connectivity index (χ1) is 17.3. The van der Waals surface area contributed by atoms with Crippen LogP contribution in [0.2, 0.25) is 0 Å². The standard InChI is InChI=1S/C26H24FN3O.C2H6.CH2F2/c1-17(24-8-5-9-25(29-24)30(2)3)28-26(31)20-12-15-23-19(16-20)6-4-7-22(23)18-10-13-21(27)14-11-18;1-2;2-1-3/h4-17H,1-3H3,(H,28,31);1-2H3;1H2. The van der Waals surface area contributed by atoms with Gasteiger partial charge in [-0.1, -0.05) is 56.3 Å². The molecule has 1 aromatic heterocycles. The lowest BCUT2D eigenvalue weighted by molar-refractivity contribution is 0.0939. The Labute approximate surface area is 210 Å². The maximum atomic E-state index is 13.3. The van der Waals surface area contributed by atoms with E-state index in [9.17, 15) is 18.0 Å². The van der Waals surface area contributed by atoms with Crippen LogP contribution in [0.15, 0.2) is 78.9 Å². The number of fused-ring (bicyclic) bond motifs is 1. The van der Waals surface area contributed by atoms with Gasteiger partial charge < -0.3 is 10.2 Å². The fourth-order valence-corrected chi connectivity index (χ4v) is 3.59. The summed E-state index contributed by atoms with van der Waals surface area (Å²) in [7, 11) is 3.87. The third-order valence-electron chi connectivity index (χ3n) is 5.30. The molecular weight excluding hydrogens is 463 g/mol. The number of amides is 1. The van der Waals surface area contributed by atoms with Gasteiger partial charge in [-0.2, -0.15) is 0 Å². The number of benzene rings is 3. The first-order valence-corrected chi connectivity index (χ1v) is 11.7. The summed E-state index contributed by atoms with van der Waals surface area (Å²) in [6.07, 6.45) is 0. The van der Waals surface area contributed by atoms with E-state index in [2.05, 4.69) is 10.3 Å². The van der Waals surface area contributed by atoms with Crippen LogP contribution >= 0.6 is 0 Å². The number of hydrogen-bond acceptors (Lipinski definition) is 3. The van der Waals surface area contributed by atoms with Gasteiger partial charge >= 0.3 is 0 Å². The fourth-order valence-electron chi connectivity index (χ4n) is 3.59. The molecule has 1 amide bonds. The van der Waals surface area contributed by atoms with E-state index < -0.39 is 6.93 Å². The van der Waals surface area contributed by atoms with Crippen LogP contribution in [0.25, 0.3) is 21.9 Å². The molecule has 0 aliphatic rings. The first kappa shape index (κ1) is 28.4. The molecule has 0 saturated carbocycles. The highest BCUT2D eigenvalue weighted by molar-refractivity contribution is 6.02. The molecule has 1 N–H and O–H groups in total. The van der Waals surface area contributed by atoms with Crippen molar-refractivity contribution in [2.45, 2.75) is 26.8 Å². The number of pyridine rings is 1. The Morgan fingerprint density at radius 1 is 0.944 bits per heavy atom. The van der Waals surface area contributed by atoms with Crippen LogP contribution in [0.4, 0.5) is 19.0 Å². The Hall–Kier alpha value is -3.87. The Bertz CT molecular complexity index is 1260. The molecule has 36 heavy (non-hydrogen) atoms. The van der Waals surface area contributed by atoms with Gasteiger partial charge in [-0.05, 0) is 65.2 Å². The van der Waals surface area contributed by atoms with Gasteiger partial charge in [0.1, 0.15) is 11.6 Å². The molecule has 0 aliphatic carbocycles. The van der Waals surface area contributed by atoms with Crippen molar-refractivity contribution in [1.29, 1.82) is 0 Å². The predicted molar refractivity (Wildman–Crippen MR) is 142 cm³/mol. The average Bonchev–Trinajstić information content (AvgIpc) is 2.90. The fraction of sp³-hybridized carbons (Fsp3) is 0.241. The molecule has 4 aromatic rings. The number of aromatic nitrogens is 1. The third kappa shape index (κ3) is 7.31. The van der Waals surface area contributed by atoms with Crippen LogP contribution in [0.5, 0.6) is 0 Å². The lowest BCUT2D eigenvalue weighted by Crippen LogP contribution is -2.27. The number of anilines is 1. The van der Waals surface area contributed by atoms with Crippen molar-refractivity contribution >= 4 is 22.5 Å². The zero-order valence-electron chi connectivity index (χ0n) is 21.2. The van der Waals surface area contributed by atoms with E-state index >= 15 is 0 Å². The molecule has 190 valence electrons. The lowest BCUT2D eigenvalue weighted by Gasteiger charge is -2.17. The number of nitrogens with one attached hydrogen (secondary N) is 1. The smallest absolute Gasteiger partial charge is 0.251 e. The van der Waals surface area contributed by atoms with Crippen molar-refractivity contribution in [2.75, 3.05) is 25.9 Å². The zero-order valence-corrected chi connectivity index (χ0v) is 21.2. The van der Waals surface area contributed by atoms with E-state index in [-0.39, 0.29) is 17.8 Å². The number of rotatable bonds is 5. The first-order valence-electron chi connectivity index (χ1n) is 11.7. The highest BCUT2D eigenvalue weighted by Gasteiger charge is 2.14. The van der Waals surface area contributed by atoms with E-state index in [1.54, 1.807) is 12.1 Å². The van der Waals surface area contributed by atoms with Crippen molar-refractivity contribution in [2.24, 2.45) is 0 Å². The quantitative estimate of drug-likeness (QED) is 0.312. The summed E-state index contributed by atoms with van der Waals surface area (Å²) in [5.74, 6) is 0.430. The second-order valence-electron chi connectivity index (χ2n) is 7.86. The predicted octanol–water partition coefficient (Wildman–Crippen LogP) is 7.51. The second-order valence-corrected chi connectivity index (χ2v) is 7.86. The van der Waals surface area contributed by atoms with Gasteiger partial charge in [-0.3, -0.25) is 4.79 Å². The van der Waals surface area contributed by atoms with E-state index in [4.69, 9.17) is 0 Å². The second kappa shape index (κ2) is 13.9. The van der Waals surface area contributed by atoms with Crippen LogP contribution in [0.3, 0.4) is 0 Å². The van der Waals surface area contributed by atoms with E-state index in [1.165, 1.54) is 12.1 Å². The van der Waals surface area contributed by atoms with Gasteiger partial charge in [0.25, 0.3) is 5.91 Å². The van der Waals surface area contributed by atoms with Crippen molar-refractivity contribution in [3.8, 4) is 11.1 Å². The minimum Gasteiger partial charge on any atom is -0.363 e. The van der Waals surface area contributed by atoms with Crippen LogP contribution in [0.1, 0.15) is 42.9 Å². The Balaban J connectivity index is 0.000000850. The van der Waals surface area contributed by atoms with Crippen LogP contribution in [-0.4, -0.2) is 31.9 Å². The van der Waals surface area contributed by atoms with Gasteiger partial charge in [-0.25, -0.2) is 18.2 Å². The maximum absolute atomic E-state index is 13.3. The monoisotopic (exact) mass is 495 g/mol. The molecule has 0 saturated heterocycles. The summed E-state index contributed by atoms with van der Waals surface area (Å²) in [6, 6.07) is 23.6. The van der Waals surface area contributed by atoms with E-state index in [0.717, 1.165) is 33.4 Å². The van der Waals surface area contributed by atoms with Gasteiger partial charge in [0.05, 0.1) is 11.7 Å². The number of halogens is 3. The van der Waals surface area contributed by atoms with Gasteiger partial charge in [0.2, 0.25) is 6.93 Å². The Morgan fingerprint density at radius 3 is 2.22 bits per heavy atom. The third-order valence-corrected chi connectivity index (χ3v) is 5.30. The van der Waals surface area contributed by atoms with E-state index in [1.807, 2.05) is 94.4 Å². The Morgan fingerprint density at radius 2 is 1.58 bits per heavy atom. The summed E-state index contributed by atoms with van der Waals surface area (Å²) in [5, 5.41) is 5.00. The molecule has 0 spiro atoms. The van der Waals surface area contributed by atoms with Gasteiger partial charge in [0.15, 0.2) is 0 Å². The largest absolute Gasteiger partial charge is 0.363 e. The number of nitrogens with zero attached hydrogens (tertiary/aromatic N) is 2. The highest BCUT2D eigenvalue weighted by atomic mass is 19.3. The normalized spacial score (nSPS) is 10.9.